The van der Waals surface area contributed by atoms with Crippen LogP contribution in [0.2, 0.25) is 0 Å². The van der Waals surface area contributed by atoms with Crippen LogP contribution in [0.3, 0.4) is 0 Å². The van der Waals surface area contributed by atoms with Gasteiger partial charge in [-0.15, -0.1) is 0 Å². The van der Waals surface area contributed by atoms with Gasteiger partial charge in [-0.3, -0.25) is 4.79 Å². The van der Waals surface area contributed by atoms with Gasteiger partial charge in [0.1, 0.15) is 24.2 Å². The van der Waals surface area contributed by atoms with Gasteiger partial charge in [-0.2, -0.15) is 0 Å². The van der Waals surface area contributed by atoms with Gasteiger partial charge in [0, 0.05) is 5.41 Å². The molecule has 122 valence electrons. The monoisotopic (exact) mass is 312 g/mol. The second-order valence-electron chi connectivity index (χ2n) is 7.54. The molecule has 8 atom stereocenters. The first-order chi connectivity index (χ1) is 10.2. The van der Waals surface area contributed by atoms with Crippen LogP contribution in [0.5, 0.6) is 0 Å². The summed E-state index contributed by atoms with van der Waals surface area (Å²) in [6.07, 6.45) is -2.97. The Kier molecular flexibility index (Phi) is 2.51. The van der Waals surface area contributed by atoms with Crippen LogP contribution in [0.25, 0.3) is 0 Å². The number of carbonyl (C=O) groups excluding carboxylic acids is 2. The lowest BCUT2D eigenvalue weighted by atomic mass is 9.45. The second-order valence-corrected chi connectivity index (χ2v) is 7.54. The lowest BCUT2D eigenvalue weighted by Gasteiger charge is -2.62. The number of hydrogen-bond acceptors (Lipinski definition) is 7. The maximum absolute atomic E-state index is 12.1. The SMILES string of the molecule is CC1CC(O)C2(O)C3(C)COC(=O)C3C3CC12C(O)C(=O)O3. The molecule has 8 unspecified atom stereocenters. The van der Waals surface area contributed by atoms with Gasteiger partial charge in [0.25, 0.3) is 0 Å². The van der Waals surface area contributed by atoms with Crippen molar-refractivity contribution in [3.63, 3.8) is 0 Å². The Bertz CT molecular complexity index is 576. The van der Waals surface area contributed by atoms with Crippen molar-refractivity contribution in [1.29, 1.82) is 0 Å². The quantitative estimate of drug-likeness (QED) is 0.490. The van der Waals surface area contributed by atoms with E-state index in [4.69, 9.17) is 9.47 Å². The molecule has 4 aliphatic rings. The van der Waals surface area contributed by atoms with Gasteiger partial charge in [-0.1, -0.05) is 13.8 Å². The van der Waals surface area contributed by atoms with E-state index < -0.39 is 52.6 Å². The summed E-state index contributed by atoms with van der Waals surface area (Å²) >= 11 is 0. The summed E-state index contributed by atoms with van der Waals surface area (Å²) in [6.45, 7) is 3.43. The van der Waals surface area contributed by atoms with E-state index in [0.717, 1.165) is 0 Å². The minimum atomic E-state index is -1.77. The Morgan fingerprint density at radius 1 is 1.23 bits per heavy atom. The summed E-state index contributed by atoms with van der Waals surface area (Å²) in [5.74, 6) is -2.46. The molecule has 0 aromatic carbocycles. The summed E-state index contributed by atoms with van der Waals surface area (Å²) in [5.41, 5.74) is -4.09. The highest BCUT2D eigenvalue weighted by Crippen LogP contribution is 2.70. The molecule has 2 saturated heterocycles. The number of cyclic esters (lactones) is 1. The standard InChI is InChI=1S/C15H20O7/c1-6-3-8(16)15(20)13(2)5-21-11(18)9(13)7-4-14(6,15)10(17)12(19)22-7/h6-10,16-17,20H,3-5H2,1-2H3. The average molecular weight is 312 g/mol. The Labute approximate surface area is 127 Å². The molecular formula is C15H20O7. The number of aliphatic hydroxyl groups excluding tert-OH is 2. The fourth-order valence-electron chi connectivity index (χ4n) is 5.81. The minimum Gasteiger partial charge on any atom is -0.465 e. The van der Waals surface area contributed by atoms with Gasteiger partial charge < -0.3 is 24.8 Å². The van der Waals surface area contributed by atoms with Crippen molar-refractivity contribution in [3.05, 3.63) is 0 Å². The van der Waals surface area contributed by atoms with E-state index in [2.05, 4.69) is 0 Å². The van der Waals surface area contributed by atoms with Gasteiger partial charge in [0.15, 0.2) is 6.10 Å². The molecule has 4 fully saturated rings. The van der Waals surface area contributed by atoms with Crippen molar-refractivity contribution >= 4 is 11.9 Å². The maximum Gasteiger partial charge on any atom is 0.335 e. The molecular weight excluding hydrogens is 292 g/mol. The highest BCUT2D eigenvalue weighted by Gasteiger charge is 2.82. The molecule has 2 aliphatic heterocycles. The zero-order chi connectivity index (χ0) is 16.1. The first-order valence-corrected chi connectivity index (χ1v) is 7.66. The summed E-state index contributed by atoms with van der Waals surface area (Å²) in [5, 5.41) is 32.7. The second kappa shape index (κ2) is 3.83. The zero-order valence-corrected chi connectivity index (χ0v) is 12.5. The summed E-state index contributed by atoms with van der Waals surface area (Å²) in [7, 11) is 0. The van der Waals surface area contributed by atoms with Gasteiger partial charge >= 0.3 is 11.9 Å². The van der Waals surface area contributed by atoms with Crippen LogP contribution in [0.15, 0.2) is 0 Å². The van der Waals surface area contributed by atoms with E-state index >= 15 is 0 Å². The van der Waals surface area contributed by atoms with Crippen molar-refractivity contribution in [2.75, 3.05) is 6.61 Å². The van der Waals surface area contributed by atoms with E-state index in [0.29, 0.717) is 0 Å². The Balaban J connectivity index is 1.99. The molecule has 0 radical (unpaired) electrons. The molecule has 4 rings (SSSR count). The van der Waals surface area contributed by atoms with Gasteiger partial charge in [0.05, 0.1) is 11.5 Å². The van der Waals surface area contributed by atoms with Crippen LogP contribution in [-0.4, -0.2) is 57.8 Å². The third-order valence-corrected chi connectivity index (χ3v) is 6.86. The smallest absolute Gasteiger partial charge is 0.335 e. The number of esters is 2. The van der Waals surface area contributed by atoms with E-state index in [9.17, 15) is 24.9 Å². The topological polar surface area (TPSA) is 113 Å². The lowest BCUT2D eigenvalue weighted by Crippen LogP contribution is -2.76. The molecule has 7 heteroatoms. The van der Waals surface area contributed by atoms with E-state index in [1.54, 1.807) is 13.8 Å². The third-order valence-electron chi connectivity index (χ3n) is 6.86. The molecule has 7 nitrogen and oxygen atoms in total. The summed E-state index contributed by atoms with van der Waals surface area (Å²) in [6, 6.07) is 0. The van der Waals surface area contributed by atoms with Crippen molar-refractivity contribution < 1.29 is 34.4 Å². The molecule has 1 spiro atoms. The van der Waals surface area contributed by atoms with Crippen LogP contribution in [0.1, 0.15) is 26.7 Å². The molecule has 0 aromatic heterocycles. The van der Waals surface area contributed by atoms with Gasteiger partial charge in [-0.05, 0) is 18.8 Å². The molecule has 22 heavy (non-hydrogen) atoms. The number of hydrogen-bond donors (Lipinski definition) is 3. The van der Waals surface area contributed by atoms with Crippen molar-refractivity contribution in [2.45, 2.75) is 50.6 Å². The number of ether oxygens (including phenoxy) is 2. The maximum atomic E-state index is 12.1. The van der Waals surface area contributed by atoms with Crippen LogP contribution in [-0.2, 0) is 19.1 Å². The van der Waals surface area contributed by atoms with E-state index in [1.165, 1.54) is 0 Å². The largest absolute Gasteiger partial charge is 0.465 e. The molecule has 2 heterocycles. The molecule has 2 saturated carbocycles. The van der Waals surface area contributed by atoms with Crippen molar-refractivity contribution in [1.82, 2.24) is 0 Å². The fraction of sp³-hybridized carbons (Fsp3) is 0.867. The number of carbonyl (C=O) groups is 2. The normalized spacial score (nSPS) is 59.6. The molecule has 0 aromatic rings. The zero-order valence-electron chi connectivity index (χ0n) is 12.5. The first kappa shape index (κ1) is 14.4. The lowest BCUT2D eigenvalue weighted by molar-refractivity contribution is -0.300. The number of rotatable bonds is 0. The Morgan fingerprint density at radius 3 is 2.59 bits per heavy atom. The summed E-state index contributed by atoms with van der Waals surface area (Å²) < 4.78 is 10.4. The Morgan fingerprint density at radius 2 is 1.91 bits per heavy atom. The van der Waals surface area contributed by atoms with E-state index in [1.807, 2.05) is 0 Å². The minimum absolute atomic E-state index is 0.0562. The highest BCUT2D eigenvalue weighted by atomic mass is 16.6. The average Bonchev–Trinajstić information content (AvgIpc) is 2.86. The molecule has 2 aliphatic carbocycles. The Hall–Kier alpha value is -1.18. The summed E-state index contributed by atoms with van der Waals surface area (Å²) in [4.78, 5) is 24.3. The fourth-order valence-corrected chi connectivity index (χ4v) is 5.81. The van der Waals surface area contributed by atoms with Crippen LogP contribution < -0.4 is 0 Å². The number of fused-ring (bicyclic) bond motifs is 4. The molecule has 0 amide bonds. The molecule has 3 N–H and O–H groups in total. The van der Waals surface area contributed by atoms with Crippen molar-refractivity contribution in [2.24, 2.45) is 22.7 Å². The highest BCUT2D eigenvalue weighted by molar-refractivity contribution is 5.82. The number of aliphatic hydroxyl groups is 3. The van der Waals surface area contributed by atoms with Gasteiger partial charge in [-0.25, -0.2) is 4.79 Å². The first-order valence-electron chi connectivity index (χ1n) is 7.66. The predicted octanol–water partition coefficient (Wildman–Crippen LogP) is -1.03. The van der Waals surface area contributed by atoms with Crippen LogP contribution in [0, 0.1) is 22.7 Å². The third kappa shape index (κ3) is 1.16. The molecule has 2 bridgehead atoms. The predicted molar refractivity (Wildman–Crippen MR) is 70.2 cm³/mol. The van der Waals surface area contributed by atoms with E-state index in [-0.39, 0.29) is 25.4 Å². The van der Waals surface area contributed by atoms with Gasteiger partial charge in [0.2, 0.25) is 0 Å². The van der Waals surface area contributed by atoms with Crippen LogP contribution in [0.4, 0.5) is 0 Å². The van der Waals surface area contributed by atoms with Crippen molar-refractivity contribution in [3.8, 4) is 0 Å². The van der Waals surface area contributed by atoms with Crippen LogP contribution >= 0.6 is 0 Å².